The van der Waals surface area contributed by atoms with Crippen molar-refractivity contribution in [2.75, 3.05) is 25.5 Å². The molecule has 0 spiro atoms. The van der Waals surface area contributed by atoms with Crippen molar-refractivity contribution in [3.8, 4) is 0 Å². The second-order valence-corrected chi connectivity index (χ2v) is 8.10. The van der Waals surface area contributed by atoms with E-state index in [1.54, 1.807) is 0 Å². The summed E-state index contributed by atoms with van der Waals surface area (Å²) in [5, 5.41) is 3.57. The molecule has 0 radical (unpaired) electrons. The summed E-state index contributed by atoms with van der Waals surface area (Å²) in [7, 11) is 1.38. The number of carbonyl (C=O) groups excluding carboxylic acids is 2. The fourth-order valence-corrected chi connectivity index (χ4v) is 4.79. The van der Waals surface area contributed by atoms with Crippen molar-refractivity contribution in [2.24, 2.45) is 0 Å². The van der Waals surface area contributed by atoms with E-state index in [1.807, 2.05) is 32.0 Å². The number of carbonyl (C=O) groups is 2. The van der Waals surface area contributed by atoms with E-state index in [0.717, 1.165) is 54.0 Å². The maximum atomic E-state index is 12.9. The van der Waals surface area contributed by atoms with E-state index in [2.05, 4.69) is 17.1 Å². The highest BCUT2D eigenvalue weighted by atomic mass is 32.1. The molecule has 0 unspecified atom stereocenters. The summed E-state index contributed by atoms with van der Waals surface area (Å²) in [6, 6.07) is 5.80. The van der Waals surface area contributed by atoms with Crippen LogP contribution in [0.5, 0.6) is 0 Å². The lowest BCUT2D eigenvalue weighted by Crippen LogP contribution is -2.30. The third-order valence-electron chi connectivity index (χ3n) is 4.93. The molecule has 0 bridgehead atoms. The Labute approximate surface area is 164 Å². The first kappa shape index (κ1) is 19.6. The Hall–Kier alpha value is -2.18. The molecule has 27 heavy (non-hydrogen) atoms. The molecule has 0 atom stereocenters. The van der Waals surface area contributed by atoms with Crippen molar-refractivity contribution >= 4 is 28.2 Å². The van der Waals surface area contributed by atoms with Gasteiger partial charge in [0.2, 0.25) is 0 Å². The van der Waals surface area contributed by atoms with Crippen molar-refractivity contribution in [1.29, 1.82) is 0 Å². The molecule has 1 amide bonds. The van der Waals surface area contributed by atoms with E-state index in [4.69, 9.17) is 4.74 Å². The third kappa shape index (κ3) is 4.06. The lowest BCUT2D eigenvalue weighted by Gasteiger charge is -2.26. The van der Waals surface area contributed by atoms with Gasteiger partial charge in [0.1, 0.15) is 5.00 Å². The molecule has 2 aromatic rings. The largest absolute Gasteiger partial charge is 0.465 e. The number of methoxy groups -OCH3 is 1. The fourth-order valence-electron chi connectivity index (χ4n) is 3.52. The van der Waals surface area contributed by atoms with Crippen LogP contribution in [0.2, 0.25) is 0 Å². The summed E-state index contributed by atoms with van der Waals surface area (Å²) in [5.41, 5.74) is 4.11. The van der Waals surface area contributed by atoms with Gasteiger partial charge >= 0.3 is 5.97 Å². The van der Waals surface area contributed by atoms with Gasteiger partial charge in [-0.15, -0.1) is 11.3 Å². The first-order valence-corrected chi connectivity index (χ1v) is 10.1. The number of rotatable bonds is 5. The summed E-state index contributed by atoms with van der Waals surface area (Å²) < 4.78 is 5.01. The molecular weight excluding hydrogens is 360 g/mol. The fraction of sp³-hybridized carbons (Fsp3) is 0.429. The first-order chi connectivity index (χ1) is 12.9. The summed E-state index contributed by atoms with van der Waals surface area (Å²) in [5.74, 6) is -0.571. The van der Waals surface area contributed by atoms with Crippen LogP contribution in [0.1, 0.15) is 55.6 Å². The maximum absolute atomic E-state index is 12.9. The van der Waals surface area contributed by atoms with Crippen LogP contribution in [0, 0.1) is 13.8 Å². The highest BCUT2D eigenvalue weighted by molar-refractivity contribution is 7.17. The van der Waals surface area contributed by atoms with Crippen LogP contribution < -0.4 is 5.32 Å². The minimum atomic E-state index is -0.382. The standard InChI is InChI=1S/C21H26N2O3S/c1-5-9-23-10-8-15-17(12-23)27-20(18(15)21(25)26-4)22-19(24)16-11-13(2)6-7-14(16)3/h6-7,11H,5,8-10,12H2,1-4H3,(H,22,24). The van der Waals surface area contributed by atoms with Crippen molar-refractivity contribution < 1.29 is 14.3 Å². The van der Waals surface area contributed by atoms with Crippen molar-refractivity contribution in [1.82, 2.24) is 4.90 Å². The van der Waals surface area contributed by atoms with E-state index in [1.165, 1.54) is 18.4 Å². The van der Waals surface area contributed by atoms with Gasteiger partial charge in [0.25, 0.3) is 5.91 Å². The smallest absolute Gasteiger partial charge is 0.341 e. The Balaban J connectivity index is 1.94. The summed E-state index contributed by atoms with van der Waals surface area (Å²) in [4.78, 5) is 28.8. The van der Waals surface area contributed by atoms with E-state index < -0.39 is 0 Å². The minimum Gasteiger partial charge on any atom is -0.465 e. The molecule has 5 nitrogen and oxygen atoms in total. The Morgan fingerprint density at radius 3 is 2.78 bits per heavy atom. The number of aryl methyl sites for hydroxylation is 2. The van der Waals surface area contributed by atoms with Gasteiger partial charge in [-0.25, -0.2) is 4.79 Å². The number of amides is 1. The van der Waals surface area contributed by atoms with E-state index >= 15 is 0 Å². The van der Waals surface area contributed by atoms with Gasteiger partial charge in [-0.2, -0.15) is 0 Å². The number of nitrogens with zero attached hydrogens (tertiary/aromatic N) is 1. The quantitative estimate of drug-likeness (QED) is 0.784. The normalized spacial score (nSPS) is 13.9. The monoisotopic (exact) mass is 386 g/mol. The van der Waals surface area contributed by atoms with E-state index in [0.29, 0.717) is 16.1 Å². The number of hydrogen-bond donors (Lipinski definition) is 1. The average Bonchev–Trinajstić information content (AvgIpc) is 3.00. The molecule has 144 valence electrons. The average molecular weight is 387 g/mol. The molecule has 1 aliphatic heterocycles. The first-order valence-electron chi connectivity index (χ1n) is 9.28. The SMILES string of the molecule is CCCN1CCc2c(sc(NC(=O)c3cc(C)ccc3C)c2C(=O)OC)C1. The number of benzene rings is 1. The molecule has 0 fully saturated rings. The Morgan fingerprint density at radius 2 is 2.07 bits per heavy atom. The Bertz CT molecular complexity index is 873. The van der Waals surface area contributed by atoms with Crippen LogP contribution in [0.3, 0.4) is 0 Å². The highest BCUT2D eigenvalue weighted by Gasteiger charge is 2.29. The minimum absolute atomic E-state index is 0.189. The maximum Gasteiger partial charge on any atom is 0.341 e. The highest BCUT2D eigenvalue weighted by Crippen LogP contribution is 2.38. The molecule has 1 aromatic heterocycles. The van der Waals surface area contributed by atoms with Crippen LogP contribution >= 0.6 is 11.3 Å². The lowest BCUT2D eigenvalue weighted by molar-refractivity contribution is 0.0600. The Morgan fingerprint density at radius 1 is 1.30 bits per heavy atom. The predicted octanol–water partition coefficient (Wildman–Crippen LogP) is 4.17. The molecule has 1 aliphatic rings. The molecular formula is C21H26N2O3S. The zero-order valence-electron chi connectivity index (χ0n) is 16.3. The van der Waals surface area contributed by atoms with Gasteiger partial charge in [-0.05, 0) is 50.4 Å². The van der Waals surface area contributed by atoms with Gasteiger partial charge in [0.05, 0.1) is 12.7 Å². The van der Waals surface area contributed by atoms with Crippen LogP contribution in [-0.2, 0) is 17.7 Å². The number of fused-ring (bicyclic) bond motifs is 1. The molecule has 0 aliphatic carbocycles. The number of anilines is 1. The van der Waals surface area contributed by atoms with E-state index in [-0.39, 0.29) is 11.9 Å². The zero-order chi connectivity index (χ0) is 19.6. The summed E-state index contributed by atoms with van der Waals surface area (Å²) >= 11 is 1.49. The van der Waals surface area contributed by atoms with Crippen LogP contribution in [0.15, 0.2) is 18.2 Å². The third-order valence-corrected chi connectivity index (χ3v) is 6.06. The van der Waals surface area contributed by atoms with Gasteiger partial charge in [0, 0.05) is 23.5 Å². The molecule has 6 heteroatoms. The molecule has 2 heterocycles. The second-order valence-electron chi connectivity index (χ2n) is 7.00. The van der Waals surface area contributed by atoms with Crippen LogP contribution in [0.25, 0.3) is 0 Å². The van der Waals surface area contributed by atoms with Gasteiger partial charge in [0.15, 0.2) is 0 Å². The van der Waals surface area contributed by atoms with Crippen LogP contribution in [0.4, 0.5) is 5.00 Å². The zero-order valence-corrected chi connectivity index (χ0v) is 17.2. The van der Waals surface area contributed by atoms with Crippen molar-refractivity contribution in [2.45, 2.75) is 40.2 Å². The number of hydrogen-bond acceptors (Lipinski definition) is 5. The van der Waals surface area contributed by atoms with Crippen LogP contribution in [-0.4, -0.2) is 37.0 Å². The topological polar surface area (TPSA) is 58.6 Å². The molecule has 0 saturated heterocycles. The van der Waals surface area contributed by atoms with E-state index in [9.17, 15) is 9.59 Å². The van der Waals surface area contributed by atoms with Gasteiger partial charge < -0.3 is 10.1 Å². The number of ether oxygens (including phenoxy) is 1. The summed E-state index contributed by atoms with van der Waals surface area (Å²) in [6.45, 7) is 8.82. The molecule has 1 aromatic carbocycles. The lowest BCUT2D eigenvalue weighted by atomic mass is 10.0. The van der Waals surface area contributed by atoms with Gasteiger partial charge in [-0.3, -0.25) is 9.69 Å². The predicted molar refractivity (Wildman–Crippen MR) is 109 cm³/mol. The molecule has 0 saturated carbocycles. The number of nitrogens with one attached hydrogen (secondary N) is 1. The molecule has 1 N–H and O–H groups in total. The van der Waals surface area contributed by atoms with Crippen molar-refractivity contribution in [3.05, 3.63) is 50.9 Å². The Kier molecular flexibility index (Phi) is 5.97. The number of esters is 1. The van der Waals surface area contributed by atoms with Gasteiger partial charge in [-0.1, -0.05) is 24.6 Å². The van der Waals surface area contributed by atoms with Crippen molar-refractivity contribution in [3.63, 3.8) is 0 Å². The number of thiophene rings is 1. The second kappa shape index (κ2) is 8.23. The molecule has 3 rings (SSSR count). The summed E-state index contributed by atoms with van der Waals surface area (Å²) in [6.07, 6.45) is 1.90.